The third-order valence-corrected chi connectivity index (χ3v) is 6.42. The number of carbonyl (C=O) groups is 1. The topological polar surface area (TPSA) is 71.7 Å². The number of phenolic OH excluding ortho intramolecular Hbond substituents is 1. The number of phenols is 1. The molecule has 2 heterocycles. The van der Waals surface area contributed by atoms with Crippen molar-refractivity contribution in [3.63, 3.8) is 0 Å². The van der Waals surface area contributed by atoms with Crippen LogP contribution in [0.15, 0.2) is 54.6 Å². The van der Waals surface area contributed by atoms with Gasteiger partial charge >= 0.3 is 5.97 Å². The molecule has 1 aliphatic rings. The Labute approximate surface area is 194 Å². The number of ether oxygens (including phenoxy) is 1. The summed E-state index contributed by atoms with van der Waals surface area (Å²) in [6.07, 6.45) is 1.66. The summed E-state index contributed by atoms with van der Waals surface area (Å²) in [5.41, 5.74) is 3.85. The maximum absolute atomic E-state index is 14.5. The fourth-order valence-electron chi connectivity index (χ4n) is 4.84. The number of aromatic hydroxyl groups is 1. The Bertz CT molecular complexity index is 1400. The molecule has 1 aromatic heterocycles. The van der Waals surface area contributed by atoms with Crippen LogP contribution < -0.4 is 0 Å². The second-order valence-corrected chi connectivity index (χ2v) is 8.64. The van der Waals surface area contributed by atoms with Crippen LogP contribution in [-0.4, -0.2) is 34.0 Å². The van der Waals surface area contributed by atoms with Gasteiger partial charge in [0.1, 0.15) is 17.4 Å². The van der Waals surface area contributed by atoms with Gasteiger partial charge < -0.3 is 19.5 Å². The quantitative estimate of drug-likeness (QED) is 0.379. The van der Waals surface area contributed by atoms with Crippen molar-refractivity contribution in [2.75, 3.05) is 13.2 Å². The van der Waals surface area contributed by atoms with Crippen molar-refractivity contribution >= 4 is 16.9 Å². The lowest BCUT2D eigenvalue weighted by atomic mass is 9.91. The molecular formula is C27H23F2NO4. The molecule has 7 heteroatoms. The van der Waals surface area contributed by atoms with Crippen molar-refractivity contribution < 1.29 is 28.5 Å². The summed E-state index contributed by atoms with van der Waals surface area (Å²) in [6, 6.07) is 13.5. The van der Waals surface area contributed by atoms with E-state index < -0.39 is 11.8 Å². The van der Waals surface area contributed by atoms with Crippen LogP contribution in [0.1, 0.15) is 40.4 Å². The van der Waals surface area contributed by atoms with Crippen LogP contribution >= 0.6 is 0 Å². The zero-order valence-electron chi connectivity index (χ0n) is 18.5. The van der Waals surface area contributed by atoms with Gasteiger partial charge in [0, 0.05) is 35.5 Å². The van der Waals surface area contributed by atoms with E-state index in [1.54, 1.807) is 31.2 Å². The Balaban J connectivity index is 1.89. The number of aryl methyl sites for hydroxylation is 1. The number of nitrogens with zero attached hydrogens (tertiary/aromatic N) is 1. The molecule has 1 atom stereocenters. The van der Waals surface area contributed by atoms with Crippen LogP contribution in [-0.2, 0) is 4.74 Å². The van der Waals surface area contributed by atoms with Gasteiger partial charge in [0.25, 0.3) is 0 Å². The Morgan fingerprint density at radius 3 is 2.50 bits per heavy atom. The van der Waals surface area contributed by atoms with Crippen molar-refractivity contribution in [3.8, 4) is 22.6 Å². The maximum Gasteiger partial charge on any atom is 0.335 e. The van der Waals surface area contributed by atoms with E-state index in [1.807, 2.05) is 4.57 Å². The molecule has 174 valence electrons. The van der Waals surface area contributed by atoms with Gasteiger partial charge in [0.2, 0.25) is 0 Å². The first-order chi connectivity index (χ1) is 16.3. The summed E-state index contributed by atoms with van der Waals surface area (Å²) in [5, 5.41) is 20.7. The van der Waals surface area contributed by atoms with Crippen molar-refractivity contribution in [1.29, 1.82) is 0 Å². The zero-order valence-corrected chi connectivity index (χ0v) is 18.5. The molecule has 0 spiro atoms. The molecule has 0 aliphatic carbocycles. The molecule has 1 saturated heterocycles. The van der Waals surface area contributed by atoms with E-state index in [0.717, 1.165) is 24.6 Å². The molecule has 1 unspecified atom stereocenters. The summed E-state index contributed by atoms with van der Waals surface area (Å²) in [5.74, 6) is -2.27. The smallest absolute Gasteiger partial charge is 0.335 e. The van der Waals surface area contributed by atoms with Gasteiger partial charge in [-0.3, -0.25) is 0 Å². The number of carboxylic acid groups (broad SMARTS) is 1. The lowest BCUT2D eigenvalue weighted by molar-refractivity contribution is 0.0697. The molecule has 0 radical (unpaired) electrons. The van der Waals surface area contributed by atoms with Gasteiger partial charge in [-0.1, -0.05) is 12.1 Å². The largest absolute Gasteiger partial charge is 0.507 e. The Kier molecular flexibility index (Phi) is 5.57. The number of aromatic nitrogens is 1. The third-order valence-electron chi connectivity index (χ3n) is 6.42. The second-order valence-electron chi connectivity index (χ2n) is 8.64. The van der Waals surface area contributed by atoms with Gasteiger partial charge in [-0.05, 0) is 67.3 Å². The SMILES string of the molecule is Cc1cc(-n2c(C3CCCOC3)c(-c3ccc(C(=O)O)cc3)c3c(O)cc(F)cc32)ccc1F. The molecule has 1 fully saturated rings. The number of benzene rings is 3. The van der Waals surface area contributed by atoms with Gasteiger partial charge in [0.15, 0.2) is 0 Å². The summed E-state index contributed by atoms with van der Waals surface area (Å²) >= 11 is 0. The monoisotopic (exact) mass is 463 g/mol. The predicted octanol–water partition coefficient (Wildman–Crippen LogP) is 6.18. The lowest BCUT2D eigenvalue weighted by Gasteiger charge is -2.26. The average molecular weight is 463 g/mol. The molecule has 3 aromatic carbocycles. The molecular weight excluding hydrogens is 440 g/mol. The first-order valence-corrected chi connectivity index (χ1v) is 11.1. The molecule has 4 aromatic rings. The normalized spacial score (nSPS) is 16.1. The highest BCUT2D eigenvalue weighted by Gasteiger charge is 2.30. The standard InChI is InChI=1S/C27H23F2NO4/c1-15-11-20(8-9-21(15)29)30-22-12-19(28)13-23(31)25(22)24(26(30)18-3-2-10-34-14-18)16-4-6-17(7-5-16)27(32)33/h4-9,11-13,18,31H,2-3,10,14H2,1H3,(H,32,33). The van der Waals surface area contributed by atoms with Crippen molar-refractivity contribution in [3.05, 3.63) is 83.1 Å². The summed E-state index contributed by atoms with van der Waals surface area (Å²) in [7, 11) is 0. The number of aromatic carboxylic acids is 1. The zero-order chi connectivity index (χ0) is 24.0. The Hall–Kier alpha value is -3.71. The Morgan fingerprint density at radius 2 is 1.85 bits per heavy atom. The fraction of sp³-hybridized carbons (Fsp3) is 0.222. The molecule has 0 amide bonds. The average Bonchev–Trinajstić information content (AvgIpc) is 3.16. The first-order valence-electron chi connectivity index (χ1n) is 11.1. The van der Waals surface area contributed by atoms with Crippen LogP contribution in [0.2, 0.25) is 0 Å². The lowest BCUT2D eigenvalue weighted by Crippen LogP contribution is -2.19. The van der Waals surface area contributed by atoms with Gasteiger partial charge in [-0.2, -0.15) is 0 Å². The molecule has 0 saturated carbocycles. The van der Waals surface area contributed by atoms with E-state index >= 15 is 0 Å². The maximum atomic E-state index is 14.5. The van der Waals surface area contributed by atoms with E-state index in [1.165, 1.54) is 24.3 Å². The van der Waals surface area contributed by atoms with Gasteiger partial charge in [-0.25, -0.2) is 13.6 Å². The van der Waals surface area contributed by atoms with Crippen LogP contribution in [0.25, 0.3) is 27.7 Å². The number of rotatable bonds is 4. The van der Waals surface area contributed by atoms with Gasteiger partial charge in [0.05, 0.1) is 23.1 Å². The number of fused-ring (bicyclic) bond motifs is 1. The van der Waals surface area contributed by atoms with Crippen LogP contribution in [0, 0.1) is 18.6 Å². The highest BCUT2D eigenvalue weighted by Crippen LogP contribution is 2.46. The minimum Gasteiger partial charge on any atom is -0.507 e. The summed E-state index contributed by atoms with van der Waals surface area (Å²) in [4.78, 5) is 11.4. The molecule has 1 aliphatic heterocycles. The highest BCUT2D eigenvalue weighted by atomic mass is 19.1. The van der Waals surface area contributed by atoms with Crippen LogP contribution in [0.5, 0.6) is 5.75 Å². The van der Waals surface area contributed by atoms with E-state index in [2.05, 4.69) is 0 Å². The van der Waals surface area contributed by atoms with E-state index in [9.17, 15) is 23.8 Å². The number of hydrogen-bond acceptors (Lipinski definition) is 3. The molecule has 2 N–H and O–H groups in total. The van der Waals surface area contributed by atoms with Gasteiger partial charge in [-0.15, -0.1) is 0 Å². The highest BCUT2D eigenvalue weighted by molar-refractivity contribution is 6.03. The number of hydrogen-bond donors (Lipinski definition) is 2. The molecule has 0 bridgehead atoms. The van der Waals surface area contributed by atoms with Crippen LogP contribution in [0.4, 0.5) is 8.78 Å². The number of carboxylic acids is 1. The Morgan fingerprint density at radius 1 is 1.09 bits per heavy atom. The first kappa shape index (κ1) is 22.1. The van der Waals surface area contributed by atoms with E-state index in [-0.39, 0.29) is 23.0 Å². The van der Waals surface area contributed by atoms with Crippen molar-refractivity contribution in [1.82, 2.24) is 4.57 Å². The minimum atomic E-state index is -1.04. The molecule has 34 heavy (non-hydrogen) atoms. The predicted molar refractivity (Wildman–Crippen MR) is 125 cm³/mol. The molecule has 5 rings (SSSR count). The summed E-state index contributed by atoms with van der Waals surface area (Å²) < 4.78 is 36.3. The van der Waals surface area contributed by atoms with E-state index in [0.29, 0.717) is 46.5 Å². The van der Waals surface area contributed by atoms with Crippen molar-refractivity contribution in [2.24, 2.45) is 0 Å². The third kappa shape index (κ3) is 3.72. The van der Waals surface area contributed by atoms with Crippen molar-refractivity contribution in [2.45, 2.75) is 25.7 Å². The fourth-order valence-corrected chi connectivity index (χ4v) is 4.84. The van der Waals surface area contributed by atoms with Crippen LogP contribution in [0.3, 0.4) is 0 Å². The summed E-state index contributed by atoms with van der Waals surface area (Å²) in [6.45, 7) is 2.76. The molecule has 5 nitrogen and oxygen atoms in total. The number of halogens is 2. The minimum absolute atomic E-state index is 0.0666. The second kappa shape index (κ2) is 8.57. The van der Waals surface area contributed by atoms with E-state index in [4.69, 9.17) is 4.74 Å².